The summed E-state index contributed by atoms with van der Waals surface area (Å²) in [5.74, 6) is -0.123. The molecular formula is C20H37ClN2O5. The Morgan fingerprint density at radius 2 is 1.89 bits per heavy atom. The zero-order valence-electron chi connectivity index (χ0n) is 17.6. The summed E-state index contributed by atoms with van der Waals surface area (Å²) >= 11 is 0. The van der Waals surface area contributed by atoms with E-state index in [1.165, 1.54) is 0 Å². The molecule has 8 heteroatoms. The van der Waals surface area contributed by atoms with Crippen molar-refractivity contribution in [3.8, 4) is 0 Å². The fraction of sp³-hybridized carbons (Fsp3) is 0.900. The van der Waals surface area contributed by atoms with Gasteiger partial charge in [0.05, 0.1) is 19.1 Å². The highest BCUT2D eigenvalue weighted by atomic mass is 35.5. The second kappa shape index (κ2) is 12.6. The number of carbonyl (C=O) groups is 2. The number of cyclic esters (lactones) is 1. The number of esters is 2. The number of ether oxygens (including phenoxy) is 3. The van der Waals surface area contributed by atoms with Crippen LogP contribution in [0, 0.1) is 11.8 Å². The topological polar surface area (TPSA) is 90.5 Å². The molecule has 4 atom stereocenters. The van der Waals surface area contributed by atoms with E-state index in [4.69, 9.17) is 14.2 Å². The fourth-order valence-electron chi connectivity index (χ4n) is 3.85. The molecule has 3 N–H and O–H groups in total. The summed E-state index contributed by atoms with van der Waals surface area (Å²) in [5.41, 5.74) is 4.83. The summed E-state index contributed by atoms with van der Waals surface area (Å²) < 4.78 is 17.7. The van der Waals surface area contributed by atoms with E-state index in [0.717, 1.165) is 38.5 Å². The highest BCUT2D eigenvalue weighted by molar-refractivity contribution is 5.76. The Labute approximate surface area is 175 Å². The predicted octanol–water partition coefficient (Wildman–Crippen LogP) is -1.68. The van der Waals surface area contributed by atoms with Crippen molar-refractivity contribution in [1.29, 1.82) is 0 Å². The van der Waals surface area contributed by atoms with E-state index in [1.54, 1.807) is 12.3 Å². The van der Waals surface area contributed by atoms with Crippen LogP contribution in [0.1, 0.15) is 65.7 Å². The molecule has 164 valence electrons. The van der Waals surface area contributed by atoms with E-state index < -0.39 is 12.2 Å². The summed E-state index contributed by atoms with van der Waals surface area (Å²) in [4.78, 5) is 25.1. The minimum atomic E-state index is -0.565. The zero-order chi connectivity index (χ0) is 19.8. The minimum Gasteiger partial charge on any atom is -1.00 e. The molecule has 0 aromatic heterocycles. The predicted molar refractivity (Wildman–Crippen MR) is 101 cm³/mol. The van der Waals surface area contributed by atoms with Gasteiger partial charge in [-0.25, -0.2) is 0 Å². The second-order valence-corrected chi connectivity index (χ2v) is 8.23. The van der Waals surface area contributed by atoms with Crippen molar-refractivity contribution in [2.75, 3.05) is 13.7 Å². The Morgan fingerprint density at radius 3 is 2.50 bits per heavy atom. The van der Waals surface area contributed by atoms with E-state index in [9.17, 15) is 9.59 Å². The molecule has 1 heterocycles. The van der Waals surface area contributed by atoms with Crippen LogP contribution in [0.25, 0.3) is 0 Å². The van der Waals surface area contributed by atoms with Crippen molar-refractivity contribution < 1.29 is 41.6 Å². The Kier molecular flexibility index (Phi) is 11.3. The van der Waals surface area contributed by atoms with Gasteiger partial charge in [0.1, 0.15) is 6.10 Å². The fourth-order valence-corrected chi connectivity index (χ4v) is 3.85. The summed E-state index contributed by atoms with van der Waals surface area (Å²) in [6, 6.07) is -0.368. The lowest BCUT2D eigenvalue weighted by Crippen LogP contribution is -3.00. The van der Waals surface area contributed by atoms with Crippen LogP contribution in [0.15, 0.2) is 0 Å². The third-order valence-corrected chi connectivity index (χ3v) is 5.35. The van der Waals surface area contributed by atoms with Crippen LogP contribution in [-0.2, 0) is 23.8 Å². The second-order valence-electron chi connectivity index (χ2n) is 8.23. The van der Waals surface area contributed by atoms with Gasteiger partial charge in [0.15, 0.2) is 12.1 Å². The van der Waals surface area contributed by atoms with E-state index in [-0.39, 0.29) is 42.4 Å². The lowest BCUT2D eigenvalue weighted by molar-refractivity contribution is -0.689. The SMILES string of the molecule is C[NH2+]NC1CCCC(OCC(C)C)C(OC(=O)C2CCCC2)C(C)OC1=O.[Cl-]. The molecule has 2 rings (SSSR count). The highest BCUT2D eigenvalue weighted by Crippen LogP contribution is 2.28. The Balaban J connectivity index is 0.00000392. The normalized spacial score (nSPS) is 29.4. The maximum Gasteiger partial charge on any atom is 0.328 e. The lowest BCUT2D eigenvalue weighted by atomic mass is 10.0. The molecule has 0 radical (unpaired) electrons. The van der Waals surface area contributed by atoms with Crippen molar-refractivity contribution in [1.82, 2.24) is 5.43 Å². The molecule has 2 aliphatic rings. The average molecular weight is 421 g/mol. The van der Waals surface area contributed by atoms with Gasteiger partial charge in [0, 0.05) is 6.61 Å². The van der Waals surface area contributed by atoms with Gasteiger partial charge in [-0.05, 0) is 44.9 Å². The molecule has 1 saturated carbocycles. The van der Waals surface area contributed by atoms with Gasteiger partial charge >= 0.3 is 11.9 Å². The van der Waals surface area contributed by atoms with Gasteiger partial charge in [-0.1, -0.05) is 26.7 Å². The third-order valence-electron chi connectivity index (χ3n) is 5.35. The van der Waals surface area contributed by atoms with Gasteiger partial charge in [-0.15, -0.1) is 0 Å². The number of nitrogens with two attached hydrogens (primary N) is 1. The van der Waals surface area contributed by atoms with Gasteiger partial charge < -0.3 is 26.6 Å². The smallest absolute Gasteiger partial charge is 0.328 e. The van der Waals surface area contributed by atoms with Crippen molar-refractivity contribution >= 4 is 11.9 Å². The molecule has 2 fully saturated rings. The first-order valence-electron chi connectivity index (χ1n) is 10.5. The summed E-state index contributed by atoms with van der Waals surface area (Å²) in [5, 5.41) is 0. The third kappa shape index (κ3) is 7.50. The number of hydrogen-bond donors (Lipinski definition) is 2. The maximum atomic E-state index is 12.6. The zero-order valence-corrected chi connectivity index (χ0v) is 18.4. The molecule has 0 aromatic rings. The first-order valence-corrected chi connectivity index (χ1v) is 10.5. The van der Waals surface area contributed by atoms with Crippen LogP contribution in [0.3, 0.4) is 0 Å². The molecule has 7 nitrogen and oxygen atoms in total. The van der Waals surface area contributed by atoms with Gasteiger partial charge in [-0.2, -0.15) is 5.43 Å². The Bertz CT molecular complexity index is 485. The summed E-state index contributed by atoms with van der Waals surface area (Å²) in [6.45, 7) is 6.58. The maximum absolute atomic E-state index is 12.6. The van der Waals surface area contributed by atoms with Crippen molar-refractivity contribution in [2.45, 2.75) is 90.1 Å². The van der Waals surface area contributed by atoms with E-state index in [0.29, 0.717) is 18.9 Å². The van der Waals surface area contributed by atoms with Crippen molar-refractivity contribution in [3.05, 3.63) is 0 Å². The molecule has 4 unspecified atom stereocenters. The number of quaternary nitrogens is 1. The first-order chi connectivity index (χ1) is 12.9. The largest absolute Gasteiger partial charge is 1.00 e. The Morgan fingerprint density at radius 1 is 1.21 bits per heavy atom. The van der Waals surface area contributed by atoms with Crippen LogP contribution >= 0.6 is 0 Å². The highest BCUT2D eigenvalue weighted by Gasteiger charge is 2.38. The molecule has 1 aliphatic heterocycles. The molecule has 0 spiro atoms. The molecule has 1 aliphatic carbocycles. The number of nitrogens with one attached hydrogen (secondary N) is 1. The number of rotatable bonds is 7. The quantitative estimate of drug-likeness (QED) is 0.290. The van der Waals surface area contributed by atoms with Crippen LogP contribution in [0.2, 0.25) is 0 Å². The standard InChI is InChI=1S/C20H36N2O5.ClH/c1-13(2)12-25-17-11-7-10-16(22-21-4)20(24)26-14(3)18(17)27-19(23)15-8-5-6-9-15;/h13-18,21-22H,5-12H2,1-4H3;1H. The molecular weight excluding hydrogens is 384 g/mol. The summed E-state index contributed by atoms with van der Waals surface area (Å²) in [7, 11) is 1.85. The van der Waals surface area contributed by atoms with Gasteiger partial charge in [0.2, 0.25) is 0 Å². The van der Waals surface area contributed by atoms with Crippen molar-refractivity contribution in [2.24, 2.45) is 11.8 Å². The average Bonchev–Trinajstić information content (AvgIpc) is 3.16. The van der Waals surface area contributed by atoms with E-state index >= 15 is 0 Å². The van der Waals surface area contributed by atoms with Gasteiger partial charge in [-0.3, -0.25) is 15.0 Å². The molecule has 0 amide bonds. The lowest BCUT2D eigenvalue weighted by Gasteiger charge is -2.31. The number of hydrogen-bond acceptors (Lipinski definition) is 6. The molecule has 1 saturated heterocycles. The molecule has 0 aromatic carbocycles. The first kappa shape index (κ1) is 25.1. The number of halogens is 1. The minimum absolute atomic E-state index is 0. The van der Waals surface area contributed by atoms with Crippen LogP contribution in [0.5, 0.6) is 0 Å². The monoisotopic (exact) mass is 420 g/mol. The van der Waals surface area contributed by atoms with Gasteiger partial charge in [0.25, 0.3) is 0 Å². The number of carbonyl (C=O) groups excluding carboxylic acids is 2. The van der Waals surface area contributed by atoms with Crippen molar-refractivity contribution in [3.63, 3.8) is 0 Å². The summed E-state index contributed by atoms with van der Waals surface area (Å²) in [6.07, 6.45) is 4.75. The van der Waals surface area contributed by atoms with Crippen LogP contribution in [0.4, 0.5) is 0 Å². The van der Waals surface area contributed by atoms with E-state index in [1.807, 2.05) is 7.05 Å². The van der Waals surface area contributed by atoms with Crippen LogP contribution in [-0.4, -0.2) is 49.9 Å². The molecule has 0 bridgehead atoms. The molecule has 28 heavy (non-hydrogen) atoms. The Hall–Kier alpha value is -0.890. The van der Waals surface area contributed by atoms with E-state index in [2.05, 4.69) is 19.3 Å². The van der Waals surface area contributed by atoms with Crippen LogP contribution < -0.4 is 23.3 Å².